The van der Waals surface area contributed by atoms with Gasteiger partial charge in [-0.3, -0.25) is 4.79 Å². The van der Waals surface area contributed by atoms with Crippen LogP contribution in [0.4, 0.5) is 0 Å². The van der Waals surface area contributed by atoms with E-state index in [1.165, 1.54) is 0 Å². The molecule has 1 rings (SSSR count). The third-order valence-corrected chi connectivity index (χ3v) is 2.95. The lowest BCUT2D eigenvalue weighted by Crippen LogP contribution is -1.96. The van der Waals surface area contributed by atoms with Crippen LogP contribution in [0.15, 0.2) is 36.4 Å². The van der Waals surface area contributed by atoms with Crippen LogP contribution in [0.3, 0.4) is 0 Å². The second-order valence-electron chi connectivity index (χ2n) is 3.30. The van der Waals surface area contributed by atoms with E-state index in [2.05, 4.69) is 0 Å². The summed E-state index contributed by atoms with van der Waals surface area (Å²) >= 11 is 1.60. The number of hydrogen-bond acceptors (Lipinski definition) is 3. The van der Waals surface area contributed by atoms with Gasteiger partial charge in [-0.25, -0.2) is 0 Å². The molecular formula is C13H16O2S. The Morgan fingerprint density at radius 1 is 1.25 bits per heavy atom. The molecule has 0 bridgehead atoms. The van der Waals surface area contributed by atoms with E-state index in [1.54, 1.807) is 17.8 Å². The van der Waals surface area contributed by atoms with Gasteiger partial charge in [-0.05, 0) is 11.6 Å². The molecule has 0 spiro atoms. The number of rotatable bonds is 7. The number of aliphatic hydroxyl groups excluding tert-OH is 1. The highest BCUT2D eigenvalue weighted by Crippen LogP contribution is 2.04. The molecule has 1 aromatic carbocycles. The Kier molecular flexibility index (Phi) is 6.61. The number of ketones is 1. The monoisotopic (exact) mass is 236 g/mol. The molecule has 86 valence electrons. The average Bonchev–Trinajstić information content (AvgIpc) is 2.33. The number of thioether (sulfide) groups is 1. The van der Waals surface area contributed by atoms with Gasteiger partial charge >= 0.3 is 0 Å². The van der Waals surface area contributed by atoms with Gasteiger partial charge in [0.05, 0.1) is 6.61 Å². The topological polar surface area (TPSA) is 37.3 Å². The maximum absolute atomic E-state index is 11.4. The third-order valence-electron chi connectivity index (χ3n) is 1.99. The van der Waals surface area contributed by atoms with Gasteiger partial charge < -0.3 is 5.11 Å². The van der Waals surface area contributed by atoms with Gasteiger partial charge in [-0.15, -0.1) is 0 Å². The fourth-order valence-corrected chi connectivity index (χ4v) is 1.85. The summed E-state index contributed by atoms with van der Waals surface area (Å²) < 4.78 is 0. The number of carbonyl (C=O) groups is 1. The van der Waals surface area contributed by atoms with Crippen LogP contribution < -0.4 is 0 Å². The Bertz CT molecular complexity index is 333. The van der Waals surface area contributed by atoms with Crippen LogP contribution in [-0.4, -0.2) is 29.0 Å². The Morgan fingerprint density at radius 2 is 2.00 bits per heavy atom. The molecule has 0 heterocycles. The quantitative estimate of drug-likeness (QED) is 0.583. The second kappa shape index (κ2) is 8.13. The Hall–Kier alpha value is -1.06. The van der Waals surface area contributed by atoms with E-state index in [1.807, 2.05) is 36.4 Å². The Morgan fingerprint density at radius 3 is 2.69 bits per heavy atom. The average molecular weight is 236 g/mol. The molecule has 0 unspecified atom stereocenters. The normalized spacial score (nSPS) is 10.8. The third kappa shape index (κ3) is 5.73. The molecule has 0 aliphatic heterocycles. The van der Waals surface area contributed by atoms with Gasteiger partial charge in [0.1, 0.15) is 0 Å². The molecule has 0 aromatic heterocycles. The number of benzene rings is 1. The minimum absolute atomic E-state index is 0.134. The number of aliphatic hydroxyl groups is 1. The standard InChI is InChI=1S/C13H16O2S/c14-9-11-16-10-8-13(15)7-6-12-4-2-1-3-5-12/h1-7,14H,8-11H2/b7-6+. The van der Waals surface area contributed by atoms with E-state index < -0.39 is 0 Å². The summed E-state index contributed by atoms with van der Waals surface area (Å²) in [6, 6.07) is 9.77. The van der Waals surface area contributed by atoms with Crippen LogP contribution in [0, 0.1) is 0 Å². The van der Waals surface area contributed by atoms with Gasteiger partial charge in [-0.1, -0.05) is 36.4 Å². The zero-order valence-corrected chi connectivity index (χ0v) is 9.95. The molecule has 0 aliphatic rings. The van der Waals surface area contributed by atoms with Gasteiger partial charge in [0, 0.05) is 17.9 Å². The summed E-state index contributed by atoms with van der Waals surface area (Å²) in [5.41, 5.74) is 1.04. The van der Waals surface area contributed by atoms with E-state index in [4.69, 9.17) is 5.11 Å². The minimum Gasteiger partial charge on any atom is -0.396 e. The van der Waals surface area contributed by atoms with Crippen molar-refractivity contribution < 1.29 is 9.90 Å². The van der Waals surface area contributed by atoms with Crippen molar-refractivity contribution in [3.8, 4) is 0 Å². The van der Waals surface area contributed by atoms with Gasteiger partial charge in [0.2, 0.25) is 0 Å². The van der Waals surface area contributed by atoms with Gasteiger partial charge in [0.15, 0.2) is 5.78 Å². The van der Waals surface area contributed by atoms with Crippen LogP contribution in [0.1, 0.15) is 12.0 Å². The SMILES string of the molecule is O=C(/C=C/c1ccccc1)CCSCCO. The van der Waals surface area contributed by atoms with E-state index >= 15 is 0 Å². The van der Waals surface area contributed by atoms with Crippen molar-refractivity contribution >= 4 is 23.6 Å². The van der Waals surface area contributed by atoms with E-state index in [9.17, 15) is 4.79 Å². The van der Waals surface area contributed by atoms with E-state index in [0.717, 1.165) is 11.3 Å². The van der Waals surface area contributed by atoms with Crippen LogP contribution in [0.25, 0.3) is 6.08 Å². The van der Waals surface area contributed by atoms with Gasteiger partial charge in [-0.2, -0.15) is 11.8 Å². The first-order valence-corrected chi connectivity index (χ1v) is 6.43. The predicted octanol–water partition coefficient (Wildman–Crippen LogP) is 2.38. The molecule has 0 saturated carbocycles. The highest BCUT2D eigenvalue weighted by atomic mass is 32.2. The van der Waals surface area contributed by atoms with Crippen LogP contribution >= 0.6 is 11.8 Å². The van der Waals surface area contributed by atoms with Crippen molar-refractivity contribution in [2.75, 3.05) is 18.1 Å². The fourth-order valence-electron chi connectivity index (χ4n) is 1.18. The zero-order valence-electron chi connectivity index (χ0n) is 9.13. The maximum atomic E-state index is 11.4. The molecule has 3 heteroatoms. The molecule has 1 N–H and O–H groups in total. The minimum atomic E-state index is 0.134. The van der Waals surface area contributed by atoms with Crippen molar-refractivity contribution in [3.05, 3.63) is 42.0 Å². The van der Waals surface area contributed by atoms with E-state index in [-0.39, 0.29) is 12.4 Å². The Balaban J connectivity index is 2.26. The maximum Gasteiger partial charge on any atom is 0.156 e. The first-order chi connectivity index (χ1) is 7.83. The molecule has 0 radical (unpaired) electrons. The van der Waals surface area contributed by atoms with Crippen molar-refractivity contribution in [1.29, 1.82) is 0 Å². The fraction of sp³-hybridized carbons (Fsp3) is 0.308. The van der Waals surface area contributed by atoms with E-state index in [0.29, 0.717) is 12.2 Å². The second-order valence-corrected chi connectivity index (χ2v) is 4.52. The zero-order chi connectivity index (χ0) is 11.6. The summed E-state index contributed by atoms with van der Waals surface area (Å²) in [5.74, 6) is 1.61. The largest absolute Gasteiger partial charge is 0.396 e. The first-order valence-electron chi connectivity index (χ1n) is 5.27. The molecule has 16 heavy (non-hydrogen) atoms. The molecule has 1 aromatic rings. The van der Waals surface area contributed by atoms with Crippen LogP contribution in [-0.2, 0) is 4.79 Å². The summed E-state index contributed by atoms with van der Waals surface area (Å²) in [6.07, 6.45) is 3.99. The summed E-state index contributed by atoms with van der Waals surface area (Å²) in [5, 5.41) is 8.56. The summed E-state index contributed by atoms with van der Waals surface area (Å²) in [7, 11) is 0. The predicted molar refractivity (Wildman–Crippen MR) is 69.5 cm³/mol. The molecule has 0 atom stereocenters. The number of hydrogen-bond donors (Lipinski definition) is 1. The van der Waals surface area contributed by atoms with Crippen molar-refractivity contribution in [2.45, 2.75) is 6.42 Å². The smallest absolute Gasteiger partial charge is 0.156 e. The lowest BCUT2D eigenvalue weighted by molar-refractivity contribution is -0.114. The molecular weight excluding hydrogens is 220 g/mol. The lowest BCUT2D eigenvalue weighted by atomic mass is 10.2. The summed E-state index contributed by atoms with van der Waals surface area (Å²) in [6.45, 7) is 0.179. The number of carbonyl (C=O) groups excluding carboxylic acids is 1. The molecule has 0 saturated heterocycles. The van der Waals surface area contributed by atoms with Crippen LogP contribution in [0.5, 0.6) is 0 Å². The van der Waals surface area contributed by atoms with Gasteiger partial charge in [0.25, 0.3) is 0 Å². The molecule has 2 nitrogen and oxygen atoms in total. The van der Waals surface area contributed by atoms with Crippen molar-refractivity contribution in [1.82, 2.24) is 0 Å². The Labute approximate surface area is 100 Å². The van der Waals surface area contributed by atoms with Crippen molar-refractivity contribution in [2.24, 2.45) is 0 Å². The molecule has 0 amide bonds. The molecule has 0 aliphatic carbocycles. The van der Waals surface area contributed by atoms with Crippen molar-refractivity contribution in [3.63, 3.8) is 0 Å². The lowest BCUT2D eigenvalue weighted by Gasteiger charge is -1.96. The number of allylic oxidation sites excluding steroid dienone is 1. The highest BCUT2D eigenvalue weighted by Gasteiger charge is 1.96. The first kappa shape index (κ1) is 13.0. The highest BCUT2D eigenvalue weighted by molar-refractivity contribution is 7.99. The summed E-state index contributed by atoms with van der Waals surface area (Å²) in [4.78, 5) is 11.4. The van der Waals surface area contributed by atoms with Crippen LogP contribution in [0.2, 0.25) is 0 Å². The molecule has 0 fully saturated rings.